The van der Waals surface area contributed by atoms with Gasteiger partial charge in [-0.15, -0.1) is 0 Å². The lowest BCUT2D eigenvalue weighted by atomic mass is 10.1. The third-order valence-corrected chi connectivity index (χ3v) is 6.39. The molecule has 0 unspecified atom stereocenters. The molecule has 2 aromatic carbocycles. The van der Waals surface area contributed by atoms with Gasteiger partial charge in [0.1, 0.15) is 0 Å². The summed E-state index contributed by atoms with van der Waals surface area (Å²) in [5.41, 5.74) is 9.26. The van der Waals surface area contributed by atoms with Gasteiger partial charge in [0.25, 0.3) is 15.9 Å². The fourth-order valence-electron chi connectivity index (χ4n) is 2.85. The Balaban J connectivity index is 1.93. The number of carbonyl (C=O) groups excluding carboxylic acids is 1. The Morgan fingerprint density at radius 2 is 1.81 bits per heavy atom. The number of aromatic nitrogens is 1. The van der Waals surface area contributed by atoms with Gasteiger partial charge >= 0.3 is 0 Å². The summed E-state index contributed by atoms with van der Waals surface area (Å²) >= 11 is 3.30. The molecule has 0 saturated carbocycles. The van der Waals surface area contributed by atoms with E-state index in [1.807, 2.05) is 0 Å². The van der Waals surface area contributed by atoms with E-state index in [-0.39, 0.29) is 16.3 Å². The molecule has 27 heavy (non-hydrogen) atoms. The molecule has 0 radical (unpaired) electrons. The van der Waals surface area contributed by atoms with Gasteiger partial charge < -0.3 is 5.73 Å². The Bertz CT molecular complexity index is 1240. The fraction of sp³-hybridized carbons (Fsp3) is 0. The Morgan fingerprint density at radius 1 is 1.11 bits per heavy atom. The summed E-state index contributed by atoms with van der Waals surface area (Å²) in [5, 5.41) is 4.36. The van der Waals surface area contributed by atoms with Gasteiger partial charge in [0.2, 0.25) is 0 Å². The van der Waals surface area contributed by atoms with Crippen molar-refractivity contribution in [3.8, 4) is 0 Å². The number of para-hydroxylation sites is 1. The van der Waals surface area contributed by atoms with Crippen LogP contribution in [0.5, 0.6) is 0 Å². The molecule has 0 spiro atoms. The minimum Gasteiger partial charge on any atom is -0.382 e. The smallest absolute Gasteiger partial charge is 0.275 e. The first-order chi connectivity index (χ1) is 12.9. The van der Waals surface area contributed by atoms with Gasteiger partial charge in [-0.25, -0.2) is 17.8 Å². The van der Waals surface area contributed by atoms with Crippen LogP contribution in [0.25, 0.3) is 17.0 Å². The zero-order valence-corrected chi connectivity index (χ0v) is 16.2. The highest BCUT2D eigenvalue weighted by Crippen LogP contribution is 2.28. The normalized spacial score (nSPS) is 16.0. The Labute approximate surface area is 163 Å². The molecule has 1 aliphatic heterocycles. The highest BCUT2D eigenvalue weighted by Gasteiger charge is 2.23. The fourth-order valence-corrected chi connectivity index (χ4v) is 4.49. The molecule has 0 bridgehead atoms. The topological polar surface area (TPSA) is 107 Å². The zero-order valence-electron chi connectivity index (χ0n) is 13.8. The van der Waals surface area contributed by atoms with Crippen LogP contribution in [0.15, 0.2) is 74.8 Å². The minimum absolute atomic E-state index is 0.0626. The summed E-state index contributed by atoms with van der Waals surface area (Å²) in [5.74, 6) is -0.368. The number of benzene rings is 2. The van der Waals surface area contributed by atoms with Gasteiger partial charge in [-0.2, -0.15) is 5.10 Å². The number of amidine groups is 1. The lowest BCUT2D eigenvalue weighted by Crippen LogP contribution is -2.16. The summed E-state index contributed by atoms with van der Waals surface area (Å²) in [6.45, 7) is 0. The van der Waals surface area contributed by atoms with Crippen molar-refractivity contribution in [2.75, 3.05) is 0 Å². The van der Waals surface area contributed by atoms with Crippen molar-refractivity contribution >= 4 is 54.7 Å². The average Bonchev–Trinajstić information content (AvgIpc) is 3.18. The highest BCUT2D eigenvalue weighted by molar-refractivity contribution is 9.10. The summed E-state index contributed by atoms with van der Waals surface area (Å²) < 4.78 is 28.3. The number of hydrogen-bond donors (Lipinski definition) is 2. The molecule has 0 fully saturated rings. The molecule has 136 valence electrons. The number of nitrogens with one attached hydrogen (secondary N) is 1. The highest BCUT2D eigenvalue weighted by atomic mass is 79.9. The first-order valence-electron chi connectivity index (χ1n) is 7.85. The first kappa shape index (κ1) is 17.5. The monoisotopic (exact) mass is 444 g/mol. The van der Waals surface area contributed by atoms with Gasteiger partial charge in [-0.3, -0.25) is 4.79 Å². The number of hydrogen-bond acceptors (Lipinski definition) is 5. The molecule has 0 atom stereocenters. The Morgan fingerprint density at radius 3 is 2.48 bits per heavy atom. The Kier molecular flexibility index (Phi) is 4.12. The quantitative estimate of drug-likeness (QED) is 0.604. The van der Waals surface area contributed by atoms with Crippen molar-refractivity contribution < 1.29 is 13.2 Å². The van der Waals surface area contributed by atoms with Crippen LogP contribution in [-0.4, -0.2) is 24.1 Å². The number of halogens is 1. The zero-order chi connectivity index (χ0) is 19.2. The van der Waals surface area contributed by atoms with E-state index in [4.69, 9.17) is 5.73 Å². The van der Waals surface area contributed by atoms with Crippen molar-refractivity contribution in [1.82, 2.24) is 9.40 Å². The predicted octanol–water partition coefficient (Wildman–Crippen LogP) is 2.43. The van der Waals surface area contributed by atoms with Crippen LogP contribution in [0.2, 0.25) is 0 Å². The maximum absolute atomic E-state index is 13.1. The van der Waals surface area contributed by atoms with Gasteiger partial charge in [0.15, 0.2) is 5.84 Å². The average molecular weight is 445 g/mol. The molecular weight excluding hydrogens is 432 g/mol. The van der Waals surface area contributed by atoms with E-state index in [9.17, 15) is 13.2 Å². The largest absolute Gasteiger partial charge is 0.382 e. The molecule has 1 aromatic heterocycles. The second-order valence-electron chi connectivity index (χ2n) is 5.85. The molecule has 0 aliphatic carbocycles. The van der Waals surface area contributed by atoms with Crippen LogP contribution in [0.3, 0.4) is 0 Å². The van der Waals surface area contributed by atoms with E-state index < -0.39 is 15.9 Å². The maximum Gasteiger partial charge on any atom is 0.275 e. The molecule has 1 amide bonds. The molecule has 4 rings (SSSR count). The molecule has 3 aromatic rings. The van der Waals surface area contributed by atoms with Crippen molar-refractivity contribution in [2.24, 2.45) is 10.8 Å². The molecule has 3 N–H and O–H groups in total. The number of nitrogens with zero attached hydrogens (tertiary/aromatic N) is 2. The van der Waals surface area contributed by atoms with Crippen molar-refractivity contribution in [3.05, 3.63) is 70.3 Å². The van der Waals surface area contributed by atoms with Crippen LogP contribution >= 0.6 is 15.9 Å². The van der Waals surface area contributed by atoms with Crippen LogP contribution in [0.4, 0.5) is 0 Å². The van der Waals surface area contributed by atoms with Crippen LogP contribution in [0.1, 0.15) is 5.56 Å². The maximum atomic E-state index is 13.1. The minimum atomic E-state index is -3.82. The molecule has 1 aliphatic rings. The standard InChI is InChI=1S/C18H13BrN4O3S/c19-12-5-7-13(8-6-12)27(25,26)23-10-11(14-3-1-2-4-16(14)23)9-15-17(20)21-22-18(15)24/h1-10H,(H2,20,21)(H,22,24)/b15-9+. The molecular formula is C18H13BrN4O3S. The van der Waals surface area contributed by atoms with Crippen molar-refractivity contribution in [1.29, 1.82) is 0 Å². The number of nitrogens with two attached hydrogens (primary N) is 1. The van der Waals surface area contributed by atoms with Crippen LogP contribution in [0, 0.1) is 0 Å². The first-order valence-corrected chi connectivity index (χ1v) is 10.1. The second-order valence-corrected chi connectivity index (χ2v) is 8.58. The molecule has 9 heteroatoms. The van der Waals surface area contributed by atoms with Gasteiger partial charge in [-0.05, 0) is 36.4 Å². The van der Waals surface area contributed by atoms with Crippen molar-refractivity contribution in [2.45, 2.75) is 4.90 Å². The lowest BCUT2D eigenvalue weighted by molar-refractivity contribution is -0.116. The molecule has 2 heterocycles. The second kappa shape index (κ2) is 6.36. The van der Waals surface area contributed by atoms with Gasteiger partial charge in [-0.1, -0.05) is 34.1 Å². The summed E-state index contributed by atoms with van der Waals surface area (Å²) in [7, 11) is -3.82. The van der Waals surface area contributed by atoms with Crippen molar-refractivity contribution in [3.63, 3.8) is 0 Å². The number of fused-ring (bicyclic) bond motifs is 1. The summed E-state index contributed by atoms with van der Waals surface area (Å²) in [4.78, 5) is 12.0. The van der Waals surface area contributed by atoms with Gasteiger partial charge in [0, 0.05) is 21.6 Å². The lowest BCUT2D eigenvalue weighted by Gasteiger charge is -2.07. The molecule has 0 saturated heterocycles. The predicted molar refractivity (Wildman–Crippen MR) is 106 cm³/mol. The SMILES string of the molecule is NC1=NNC(=O)/C1=C/c1cn(S(=O)(=O)c2ccc(Br)cc2)c2ccccc12. The molecule has 7 nitrogen and oxygen atoms in total. The Hall–Kier alpha value is -2.91. The van der Waals surface area contributed by atoms with E-state index in [0.29, 0.717) is 16.5 Å². The van der Waals surface area contributed by atoms with Crippen LogP contribution in [-0.2, 0) is 14.8 Å². The summed E-state index contributed by atoms with van der Waals surface area (Å²) in [6.07, 6.45) is 3.02. The van der Waals surface area contributed by atoms with Crippen LogP contribution < -0.4 is 11.2 Å². The third-order valence-electron chi connectivity index (χ3n) is 4.18. The number of carbonyl (C=O) groups is 1. The number of rotatable bonds is 3. The third kappa shape index (κ3) is 2.94. The van der Waals surface area contributed by atoms with E-state index in [1.54, 1.807) is 36.4 Å². The summed E-state index contributed by atoms with van der Waals surface area (Å²) in [6, 6.07) is 13.4. The number of amides is 1. The van der Waals surface area contributed by atoms with Gasteiger partial charge in [0.05, 0.1) is 16.0 Å². The van der Waals surface area contributed by atoms with E-state index >= 15 is 0 Å². The van der Waals surface area contributed by atoms with E-state index in [1.165, 1.54) is 28.4 Å². The van der Waals surface area contributed by atoms with E-state index in [2.05, 4.69) is 26.5 Å². The number of hydrazone groups is 1. The van der Waals surface area contributed by atoms with E-state index in [0.717, 1.165) is 4.47 Å².